The molecule has 0 radical (unpaired) electrons. The van der Waals surface area contributed by atoms with Crippen LogP contribution in [-0.4, -0.2) is 41.2 Å². The van der Waals surface area contributed by atoms with Crippen LogP contribution in [0.4, 0.5) is 13.2 Å². The summed E-state index contributed by atoms with van der Waals surface area (Å²) in [7, 11) is 1.44. The lowest BCUT2D eigenvalue weighted by molar-refractivity contribution is -0.154. The standard InChI is InChI=1S/C24H29F3N2O6/c1-13(2)19(23(31)32)29-21(30)14-6-4-9-17(10-14)34-12-18-20(24(25,26)27)35-22(28-18)15-7-5-8-16(11-15)33-3/h5,7-8,11,13-14,17,19H,4,6,9-10,12H2,1-3H3,(H,29,30)(H,31,32)/t14-,17+,19?/m0/s1. The van der Waals surface area contributed by atoms with Crippen LogP contribution in [0.1, 0.15) is 51.0 Å². The van der Waals surface area contributed by atoms with Gasteiger partial charge in [-0.1, -0.05) is 26.3 Å². The number of oxazole rings is 1. The number of ether oxygens (including phenoxy) is 2. The molecular weight excluding hydrogens is 469 g/mol. The first-order chi connectivity index (χ1) is 16.5. The second kappa shape index (κ2) is 11.1. The second-order valence-electron chi connectivity index (χ2n) is 8.89. The predicted molar refractivity (Wildman–Crippen MR) is 118 cm³/mol. The molecule has 0 spiro atoms. The Bertz CT molecular complexity index is 1040. The van der Waals surface area contributed by atoms with E-state index in [1.165, 1.54) is 13.2 Å². The van der Waals surface area contributed by atoms with Gasteiger partial charge in [0.25, 0.3) is 0 Å². The Kier molecular flexibility index (Phi) is 8.42. The highest BCUT2D eigenvalue weighted by atomic mass is 19.4. The number of amides is 1. The number of carboxylic acids is 1. The van der Waals surface area contributed by atoms with Gasteiger partial charge in [-0.25, -0.2) is 9.78 Å². The number of nitrogens with one attached hydrogen (secondary N) is 1. The van der Waals surface area contributed by atoms with E-state index >= 15 is 0 Å². The molecule has 1 amide bonds. The molecule has 35 heavy (non-hydrogen) atoms. The molecule has 3 rings (SSSR count). The fourth-order valence-electron chi connectivity index (χ4n) is 4.07. The topological polar surface area (TPSA) is 111 Å². The molecule has 0 bridgehead atoms. The van der Waals surface area contributed by atoms with Crippen LogP contribution in [0.2, 0.25) is 0 Å². The highest BCUT2D eigenvalue weighted by Crippen LogP contribution is 2.37. The molecule has 1 fully saturated rings. The van der Waals surface area contributed by atoms with E-state index in [0.717, 1.165) is 0 Å². The third kappa shape index (κ3) is 6.74. The predicted octanol–water partition coefficient (Wildman–Crippen LogP) is 4.67. The van der Waals surface area contributed by atoms with Crippen LogP contribution in [0.5, 0.6) is 5.75 Å². The van der Waals surface area contributed by atoms with Crippen molar-refractivity contribution in [2.24, 2.45) is 11.8 Å². The number of benzene rings is 1. The van der Waals surface area contributed by atoms with Gasteiger partial charge in [0.15, 0.2) is 0 Å². The molecule has 2 aromatic rings. The Balaban J connectivity index is 1.69. The van der Waals surface area contributed by atoms with E-state index in [1.54, 1.807) is 32.0 Å². The number of aromatic nitrogens is 1. The SMILES string of the molecule is COc1cccc(-c2nc(CO[C@@H]3CCC[C@H](C(=O)NC(C(=O)O)C(C)C)C3)c(C(F)(F)F)o2)c1. The second-order valence-corrected chi connectivity index (χ2v) is 8.89. The number of carbonyl (C=O) groups excluding carboxylic acids is 1. The maximum atomic E-state index is 13.6. The summed E-state index contributed by atoms with van der Waals surface area (Å²) in [4.78, 5) is 28.0. The summed E-state index contributed by atoms with van der Waals surface area (Å²) in [5, 5.41) is 11.9. The van der Waals surface area contributed by atoms with Gasteiger partial charge in [0.1, 0.15) is 17.5 Å². The molecule has 1 unspecified atom stereocenters. The fourth-order valence-corrected chi connectivity index (χ4v) is 4.07. The summed E-state index contributed by atoms with van der Waals surface area (Å²) >= 11 is 0. The summed E-state index contributed by atoms with van der Waals surface area (Å²) in [5.74, 6) is -3.28. The van der Waals surface area contributed by atoms with Crippen molar-refractivity contribution in [3.8, 4) is 17.2 Å². The number of hydrogen-bond donors (Lipinski definition) is 2. The van der Waals surface area contributed by atoms with Crippen molar-refractivity contribution in [1.82, 2.24) is 10.3 Å². The van der Waals surface area contributed by atoms with Crippen molar-refractivity contribution in [3.05, 3.63) is 35.7 Å². The fraction of sp³-hybridized carbons (Fsp3) is 0.542. The van der Waals surface area contributed by atoms with Gasteiger partial charge in [-0.3, -0.25) is 4.79 Å². The molecule has 0 aliphatic heterocycles. The van der Waals surface area contributed by atoms with Crippen molar-refractivity contribution >= 4 is 11.9 Å². The molecule has 192 valence electrons. The van der Waals surface area contributed by atoms with E-state index in [4.69, 9.17) is 13.9 Å². The normalized spacial score (nSPS) is 19.4. The molecule has 0 saturated heterocycles. The first-order valence-electron chi connectivity index (χ1n) is 11.4. The van der Waals surface area contributed by atoms with E-state index < -0.39 is 48.5 Å². The van der Waals surface area contributed by atoms with Crippen molar-refractivity contribution in [2.45, 2.75) is 64.5 Å². The largest absolute Gasteiger partial charge is 0.497 e. The highest BCUT2D eigenvalue weighted by molar-refractivity contribution is 5.85. The number of nitrogens with zero attached hydrogens (tertiary/aromatic N) is 1. The Labute approximate surface area is 200 Å². The molecule has 3 atom stereocenters. The molecule has 1 aliphatic carbocycles. The van der Waals surface area contributed by atoms with E-state index in [-0.39, 0.29) is 23.9 Å². The molecule has 1 saturated carbocycles. The number of rotatable bonds is 9. The van der Waals surface area contributed by atoms with Gasteiger partial charge in [0, 0.05) is 11.5 Å². The summed E-state index contributed by atoms with van der Waals surface area (Å²) in [5.41, 5.74) is -0.0544. The quantitative estimate of drug-likeness (QED) is 0.517. The van der Waals surface area contributed by atoms with E-state index in [1.807, 2.05) is 0 Å². The Morgan fingerprint density at radius 1 is 1.29 bits per heavy atom. The number of carboxylic acid groups (broad SMARTS) is 1. The van der Waals surface area contributed by atoms with Crippen molar-refractivity contribution in [3.63, 3.8) is 0 Å². The van der Waals surface area contributed by atoms with Crippen LogP contribution in [0.3, 0.4) is 0 Å². The summed E-state index contributed by atoms with van der Waals surface area (Å²) in [6.07, 6.45) is -3.22. The summed E-state index contributed by atoms with van der Waals surface area (Å²) < 4.78 is 56.7. The van der Waals surface area contributed by atoms with Crippen molar-refractivity contribution in [2.75, 3.05) is 7.11 Å². The Morgan fingerprint density at radius 3 is 2.66 bits per heavy atom. The van der Waals surface area contributed by atoms with E-state index in [2.05, 4.69) is 10.3 Å². The maximum Gasteiger partial charge on any atom is 0.451 e. The molecule has 1 aromatic heterocycles. The number of alkyl halides is 3. The third-order valence-corrected chi connectivity index (χ3v) is 5.95. The molecule has 2 N–H and O–H groups in total. The lowest BCUT2D eigenvalue weighted by atomic mass is 9.86. The van der Waals surface area contributed by atoms with Crippen LogP contribution in [0.15, 0.2) is 28.7 Å². The first kappa shape index (κ1) is 26.5. The molecule has 1 aliphatic rings. The van der Waals surface area contributed by atoms with Crippen LogP contribution >= 0.6 is 0 Å². The average molecular weight is 498 g/mol. The maximum absolute atomic E-state index is 13.6. The monoisotopic (exact) mass is 498 g/mol. The molecule has 1 aromatic carbocycles. The van der Waals surface area contributed by atoms with Gasteiger partial charge in [-0.05, 0) is 43.4 Å². The van der Waals surface area contributed by atoms with Gasteiger partial charge in [-0.2, -0.15) is 13.2 Å². The minimum absolute atomic E-state index is 0.205. The van der Waals surface area contributed by atoms with Gasteiger partial charge in [0.05, 0.1) is 19.8 Å². The van der Waals surface area contributed by atoms with E-state index in [9.17, 15) is 27.9 Å². The van der Waals surface area contributed by atoms with Crippen LogP contribution < -0.4 is 10.1 Å². The molecular formula is C24H29F3N2O6. The number of aliphatic carboxylic acids is 1. The number of carbonyl (C=O) groups is 2. The van der Waals surface area contributed by atoms with Gasteiger partial charge >= 0.3 is 12.1 Å². The minimum atomic E-state index is -4.76. The van der Waals surface area contributed by atoms with Gasteiger partial charge in [0.2, 0.25) is 17.6 Å². The highest BCUT2D eigenvalue weighted by Gasteiger charge is 2.40. The smallest absolute Gasteiger partial charge is 0.451 e. The van der Waals surface area contributed by atoms with Crippen LogP contribution in [-0.2, 0) is 27.1 Å². The lowest BCUT2D eigenvalue weighted by Crippen LogP contribution is -2.47. The minimum Gasteiger partial charge on any atom is -0.497 e. The van der Waals surface area contributed by atoms with Crippen molar-refractivity contribution < 1.29 is 41.8 Å². The summed E-state index contributed by atoms with van der Waals surface area (Å²) in [6.45, 7) is 2.95. The van der Waals surface area contributed by atoms with Gasteiger partial charge < -0.3 is 24.3 Å². The molecule has 1 heterocycles. The average Bonchev–Trinajstić information content (AvgIpc) is 3.26. The molecule has 8 nitrogen and oxygen atoms in total. The Hall–Kier alpha value is -3.08. The van der Waals surface area contributed by atoms with Crippen LogP contribution in [0.25, 0.3) is 11.5 Å². The summed E-state index contributed by atoms with van der Waals surface area (Å²) in [6, 6.07) is 5.33. The first-order valence-corrected chi connectivity index (χ1v) is 11.4. The zero-order chi connectivity index (χ0) is 25.8. The zero-order valence-electron chi connectivity index (χ0n) is 19.7. The molecule has 11 heteroatoms. The number of hydrogen-bond acceptors (Lipinski definition) is 6. The van der Waals surface area contributed by atoms with Gasteiger partial charge in [-0.15, -0.1) is 0 Å². The number of halogens is 3. The van der Waals surface area contributed by atoms with E-state index in [0.29, 0.717) is 30.6 Å². The third-order valence-electron chi connectivity index (χ3n) is 5.95. The number of methoxy groups -OCH3 is 1. The lowest BCUT2D eigenvalue weighted by Gasteiger charge is -2.29. The Morgan fingerprint density at radius 2 is 2.03 bits per heavy atom. The van der Waals surface area contributed by atoms with Crippen LogP contribution in [0, 0.1) is 11.8 Å². The zero-order valence-corrected chi connectivity index (χ0v) is 19.7. The van der Waals surface area contributed by atoms with Crippen molar-refractivity contribution in [1.29, 1.82) is 0 Å².